The zero-order valence-electron chi connectivity index (χ0n) is 21.3. The Labute approximate surface area is 205 Å². The molecule has 1 saturated heterocycles. The molecule has 4 aromatic heterocycles. The molecule has 5 rings (SSSR count). The highest BCUT2D eigenvalue weighted by molar-refractivity contribution is 5.93. The monoisotopic (exact) mass is 479 g/mol. The lowest BCUT2D eigenvalue weighted by Gasteiger charge is -2.41. The van der Waals surface area contributed by atoms with Gasteiger partial charge in [0.25, 0.3) is 0 Å². The number of anilines is 1. The van der Waals surface area contributed by atoms with Crippen LogP contribution in [0.5, 0.6) is 5.75 Å². The van der Waals surface area contributed by atoms with Gasteiger partial charge in [0, 0.05) is 49.4 Å². The van der Waals surface area contributed by atoms with E-state index in [1.54, 1.807) is 17.8 Å². The Morgan fingerprint density at radius 1 is 1.20 bits per heavy atom. The molecule has 1 N–H and O–H groups in total. The van der Waals surface area contributed by atoms with E-state index in [2.05, 4.69) is 64.5 Å². The van der Waals surface area contributed by atoms with Gasteiger partial charge in [-0.2, -0.15) is 5.10 Å². The summed E-state index contributed by atoms with van der Waals surface area (Å²) in [6.07, 6.45) is 5.15. The highest BCUT2D eigenvalue weighted by Crippen LogP contribution is 2.40. The van der Waals surface area contributed by atoms with E-state index >= 15 is 4.39 Å². The molecule has 35 heavy (non-hydrogen) atoms. The van der Waals surface area contributed by atoms with Crippen LogP contribution in [0, 0.1) is 11.7 Å². The number of hydrogen-bond donors (Lipinski definition) is 1. The first-order valence-corrected chi connectivity index (χ1v) is 12.3. The van der Waals surface area contributed by atoms with E-state index in [0.29, 0.717) is 34.0 Å². The van der Waals surface area contributed by atoms with E-state index in [-0.39, 0.29) is 17.8 Å². The molecule has 5 heterocycles. The van der Waals surface area contributed by atoms with E-state index in [4.69, 9.17) is 4.74 Å². The van der Waals surface area contributed by atoms with Crippen LogP contribution in [0.15, 0.2) is 24.8 Å². The largest absolute Gasteiger partial charge is 0.493 e. The number of hydrogen-bond acceptors (Lipinski definition) is 6. The SMILES string of the molecule is COc1cc(-c2[nH]c3cnc(N4CCN(CC(C)C)CC4C)c(F)c3c2C(C)C)cn2ncnc12. The van der Waals surface area contributed by atoms with E-state index in [0.717, 1.165) is 43.0 Å². The first kappa shape index (κ1) is 23.5. The van der Waals surface area contributed by atoms with Crippen molar-refractivity contribution in [2.24, 2.45) is 5.92 Å². The van der Waals surface area contributed by atoms with E-state index < -0.39 is 0 Å². The third-order valence-electron chi connectivity index (χ3n) is 6.83. The molecule has 0 aromatic carbocycles. The number of aromatic nitrogens is 5. The molecule has 186 valence electrons. The Bertz CT molecular complexity index is 1360. The Balaban J connectivity index is 1.60. The van der Waals surface area contributed by atoms with Crippen LogP contribution in [0.1, 0.15) is 46.1 Å². The Kier molecular flexibility index (Phi) is 6.13. The smallest absolute Gasteiger partial charge is 0.197 e. The molecular formula is C26H34FN7O. The summed E-state index contributed by atoms with van der Waals surface area (Å²) in [5.41, 5.74) is 3.95. The van der Waals surface area contributed by atoms with Gasteiger partial charge in [-0.15, -0.1) is 0 Å². The molecular weight excluding hydrogens is 445 g/mol. The van der Waals surface area contributed by atoms with Gasteiger partial charge in [0.15, 0.2) is 23.0 Å². The molecule has 0 aliphatic carbocycles. The summed E-state index contributed by atoms with van der Waals surface area (Å²) in [6.45, 7) is 14.4. The van der Waals surface area contributed by atoms with E-state index in [1.807, 2.05) is 12.3 Å². The van der Waals surface area contributed by atoms with Crippen molar-refractivity contribution in [3.8, 4) is 17.0 Å². The number of rotatable bonds is 6. The van der Waals surface area contributed by atoms with Gasteiger partial charge < -0.3 is 14.6 Å². The fourth-order valence-corrected chi connectivity index (χ4v) is 5.38. The highest BCUT2D eigenvalue weighted by Gasteiger charge is 2.30. The van der Waals surface area contributed by atoms with Gasteiger partial charge in [-0.1, -0.05) is 27.7 Å². The molecule has 1 aliphatic heterocycles. The number of halogens is 1. The fourth-order valence-electron chi connectivity index (χ4n) is 5.38. The van der Waals surface area contributed by atoms with Crippen LogP contribution in [0.2, 0.25) is 0 Å². The number of methoxy groups -OCH3 is 1. The topological polar surface area (TPSA) is 74.6 Å². The first-order chi connectivity index (χ1) is 16.8. The molecule has 1 fully saturated rings. The van der Waals surface area contributed by atoms with Crippen molar-refractivity contribution in [1.82, 2.24) is 29.5 Å². The molecule has 0 amide bonds. The second kappa shape index (κ2) is 9.11. The van der Waals surface area contributed by atoms with Gasteiger partial charge in [-0.05, 0) is 30.4 Å². The predicted molar refractivity (Wildman–Crippen MR) is 137 cm³/mol. The normalized spacial score (nSPS) is 17.4. The molecule has 1 aliphatic rings. The molecule has 0 radical (unpaired) electrons. The molecule has 9 heteroatoms. The van der Waals surface area contributed by atoms with Crippen LogP contribution in [0.3, 0.4) is 0 Å². The molecule has 0 bridgehead atoms. The second-order valence-electron chi connectivity index (χ2n) is 10.3. The number of ether oxygens (including phenoxy) is 1. The predicted octanol–water partition coefficient (Wildman–Crippen LogP) is 4.71. The molecule has 1 unspecified atom stereocenters. The number of aromatic amines is 1. The summed E-state index contributed by atoms with van der Waals surface area (Å²) in [6, 6.07) is 2.10. The maximum Gasteiger partial charge on any atom is 0.197 e. The molecule has 1 atom stereocenters. The maximum absolute atomic E-state index is 16.2. The summed E-state index contributed by atoms with van der Waals surface area (Å²) >= 11 is 0. The minimum Gasteiger partial charge on any atom is -0.493 e. The van der Waals surface area contributed by atoms with Crippen molar-refractivity contribution in [1.29, 1.82) is 0 Å². The Hall–Kier alpha value is -3.20. The zero-order chi connectivity index (χ0) is 24.9. The van der Waals surface area contributed by atoms with Gasteiger partial charge in [0.2, 0.25) is 0 Å². The van der Waals surface area contributed by atoms with Crippen molar-refractivity contribution in [2.75, 3.05) is 38.2 Å². The van der Waals surface area contributed by atoms with Crippen LogP contribution in [0.25, 0.3) is 27.8 Å². The number of pyridine rings is 2. The lowest BCUT2D eigenvalue weighted by atomic mass is 9.96. The first-order valence-electron chi connectivity index (χ1n) is 12.3. The molecule has 0 spiro atoms. The van der Waals surface area contributed by atoms with Gasteiger partial charge in [-0.3, -0.25) is 4.90 Å². The van der Waals surface area contributed by atoms with Crippen molar-refractivity contribution in [2.45, 2.75) is 46.6 Å². The van der Waals surface area contributed by atoms with Crippen LogP contribution in [0.4, 0.5) is 10.2 Å². The molecule has 0 saturated carbocycles. The quantitative estimate of drug-likeness (QED) is 0.432. The minimum atomic E-state index is -0.258. The van der Waals surface area contributed by atoms with Crippen molar-refractivity contribution in [3.05, 3.63) is 36.2 Å². The maximum atomic E-state index is 16.2. The summed E-state index contributed by atoms with van der Waals surface area (Å²) in [5, 5.41) is 4.89. The molecule has 8 nitrogen and oxygen atoms in total. The van der Waals surface area contributed by atoms with Crippen LogP contribution in [-0.2, 0) is 0 Å². The second-order valence-corrected chi connectivity index (χ2v) is 10.3. The highest BCUT2D eigenvalue weighted by atomic mass is 19.1. The average molecular weight is 480 g/mol. The van der Waals surface area contributed by atoms with Crippen molar-refractivity contribution < 1.29 is 9.13 Å². The van der Waals surface area contributed by atoms with E-state index in [9.17, 15) is 0 Å². The number of nitrogens with zero attached hydrogens (tertiary/aromatic N) is 6. The van der Waals surface area contributed by atoms with Crippen molar-refractivity contribution in [3.63, 3.8) is 0 Å². The minimum absolute atomic E-state index is 0.0845. The average Bonchev–Trinajstić information content (AvgIpc) is 3.44. The third-order valence-corrected chi connectivity index (χ3v) is 6.83. The molecule has 4 aromatic rings. The summed E-state index contributed by atoms with van der Waals surface area (Å²) in [5.74, 6) is 1.49. The lowest BCUT2D eigenvalue weighted by Crippen LogP contribution is -2.53. The Morgan fingerprint density at radius 2 is 2.00 bits per heavy atom. The van der Waals surface area contributed by atoms with Crippen LogP contribution < -0.4 is 9.64 Å². The fraction of sp³-hybridized carbons (Fsp3) is 0.500. The number of H-pyrrole nitrogens is 1. The van der Waals surface area contributed by atoms with E-state index in [1.165, 1.54) is 6.33 Å². The van der Waals surface area contributed by atoms with Crippen molar-refractivity contribution >= 4 is 22.4 Å². The third kappa shape index (κ3) is 4.11. The number of fused-ring (bicyclic) bond motifs is 2. The summed E-state index contributed by atoms with van der Waals surface area (Å²) in [4.78, 5) is 16.9. The standard InChI is InChI=1S/C26H34FN7O/c1-15(2)11-32-7-8-33(17(5)12-32)26-23(27)22-19(10-28-26)31-24(21(22)16(3)4)18-9-20(35-6)25-29-14-30-34(25)13-18/h9-10,13-17,31H,7-8,11-12H2,1-6H3. The van der Waals surface area contributed by atoms with Gasteiger partial charge in [0.05, 0.1) is 24.5 Å². The summed E-state index contributed by atoms with van der Waals surface area (Å²) in [7, 11) is 1.61. The van der Waals surface area contributed by atoms with Crippen LogP contribution >= 0.6 is 0 Å². The van der Waals surface area contributed by atoms with Gasteiger partial charge in [0.1, 0.15) is 6.33 Å². The number of nitrogens with one attached hydrogen (secondary N) is 1. The van der Waals surface area contributed by atoms with Gasteiger partial charge >= 0.3 is 0 Å². The van der Waals surface area contributed by atoms with Crippen LogP contribution in [-0.4, -0.2) is 68.8 Å². The Morgan fingerprint density at radius 3 is 2.69 bits per heavy atom. The zero-order valence-corrected chi connectivity index (χ0v) is 21.3. The summed E-state index contributed by atoms with van der Waals surface area (Å²) < 4.78 is 23.5. The lowest BCUT2D eigenvalue weighted by molar-refractivity contribution is 0.205. The van der Waals surface area contributed by atoms with Gasteiger partial charge in [-0.25, -0.2) is 18.9 Å². The number of piperazine rings is 1.